The van der Waals surface area contributed by atoms with E-state index >= 15 is 0 Å². The van der Waals surface area contributed by atoms with Crippen molar-refractivity contribution in [3.63, 3.8) is 0 Å². The van der Waals surface area contributed by atoms with Crippen LogP contribution in [0.15, 0.2) is 54.9 Å². The standard InChI is InChI=1S/C19H21N3O2/c1-2-22(15-6-4-3-5-7-15)19(24)17-12-16(17)18(23)21-13-14-8-10-20-11-9-14/h3-11,16-17H,2,12-13H2,1H3,(H,21,23). The Labute approximate surface area is 141 Å². The van der Waals surface area contributed by atoms with Gasteiger partial charge in [-0.3, -0.25) is 14.6 Å². The molecule has 1 aliphatic carbocycles. The van der Waals surface area contributed by atoms with Crippen molar-refractivity contribution in [2.75, 3.05) is 11.4 Å². The van der Waals surface area contributed by atoms with Crippen LogP contribution in [0, 0.1) is 11.8 Å². The van der Waals surface area contributed by atoms with Crippen LogP contribution >= 0.6 is 0 Å². The third-order valence-electron chi connectivity index (χ3n) is 4.31. The van der Waals surface area contributed by atoms with E-state index < -0.39 is 0 Å². The van der Waals surface area contributed by atoms with Crippen molar-refractivity contribution in [2.24, 2.45) is 11.8 Å². The van der Waals surface area contributed by atoms with Crippen molar-refractivity contribution in [2.45, 2.75) is 19.9 Å². The van der Waals surface area contributed by atoms with Gasteiger partial charge in [0, 0.05) is 31.2 Å². The molecule has 1 aromatic heterocycles. The lowest BCUT2D eigenvalue weighted by atomic mass is 10.2. The minimum absolute atomic E-state index is 0.0350. The summed E-state index contributed by atoms with van der Waals surface area (Å²) >= 11 is 0. The van der Waals surface area contributed by atoms with E-state index in [1.165, 1.54) is 0 Å². The van der Waals surface area contributed by atoms with E-state index in [2.05, 4.69) is 10.3 Å². The summed E-state index contributed by atoms with van der Waals surface area (Å²) in [4.78, 5) is 30.6. The number of pyridine rings is 1. The van der Waals surface area contributed by atoms with Gasteiger partial charge in [0.15, 0.2) is 0 Å². The van der Waals surface area contributed by atoms with Gasteiger partial charge < -0.3 is 10.2 Å². The van der Waals surface area contributed by atoms with Gasteiger partial charge in [-0.05, 0) is 43.2 Å². The monoisotopic (exact) mass is 323 g/mol. The number of para-hydroxylation sites is 1. The molecule has 0 spiro atoms. The average Bonchev–Trinajstić information content (AvgIpc) is 3.43. The van der Waals surface area contributed by atoms with Gasteiger partial charge in [-0.15, -0.1) is 0 Å². The molecule has 0 aliphatic heterocycles. The van der Waals surface area contributed by atoms with Crippen LogP contribution in [-0.2, 0) is 16.1 Å². The van der Waals surface area contributed by atoms with Crippen LogP contribution in [-0.4, -0.2) is 23.3 Å². The van der Waals surface area contributed by atoms with Crippen molar-refractivity contribution < 1.29 is 9.59 Å². The van der Waals surface area contributed by atoms with Gasteiger partial charge in [0.25, 0.3) is 0 Å². The number of aromatic nitrogens is 1. The molecule has 3 rings (SSSR count). The van der Waals surface area contributed by atoms with Gasteiger partial charge in [-0.25, -0.2) is 0 Å². The Bertz CT molecular complexity index is 703. The first-order valence-electron chi connectivity index (χ1n) is 8.23. The molecule has 2 atom stereocenters. The Hall–Kier alpha value is -2.69. The Morgan fingerprint density at radius 2 is 1.83 bits per heavy atom. The molecule has 1 saturated carbocycles. The van der Waals surface area contributed by atoms with Crippen LogP contribution in [0.5, 0.6) is 0 Å². The molecular weight excluding hydrogens is 302 g/mol. The molecule has 0 saturated heterocycles. The summed E-state index contributed by atoms with van der Waals surface area (Å²) in [5.74, 6) is -0.429. The van der Waals surface area contributed by atoms with Crippen LogP contribution in [0.4, 0.5) is 5.69 Å². The first-order valence-corrected chi connectivity index (χ1v) is 8.23. The molecule has 1 fully saturated rings. The average molecular weight is 323 g/mol. The maximum absolute atomic E-state index is 12.7. The van der Waals surface area contributed by atoms with E-state index in [-0.39, 0.29) is 23.7 Å². The summed E-state index contributed by atoms with van der Waals surface area (Å²) in [6.45, 7) is 3.02. The fraction of sp³-hybridized carbons (Fsp3) is 0.316. The maximum Gasteiger partial charge on any atom is 0.230 e. The minimum atomic E-state index is -0.211. The molecule has 5 nitrogen and oxygen atoms in total. The molecule has 2 unspecified atom stereocenters. The fourth-order valence-electron chi connectivity index (χ4n) is 2.85. The van der Waals surface area contributed by atoms with E-state index in [0.717, 1.165) is 11.3 Å². The molecular formula is C19H21N3O2. The molecule has 1 heterocycles. The summed E-state index contributed by atoms with van der Waals surface area (Å²) < 4.78 is 0. The van der Waals surface area contributed by atoms with Gasteiger partial charge in [-0.2, -0.15) is 0 Å². The fourth-order valence-corrected chi connectivity index (χ4v) is 2.85. The number of rotatable bonds is 6. The molecule has 2 aromatic rings. The van der Waals surface area contributed by atoms with Crippen molar-refractivity contribution in [3.8, 4) is 0 Å². The van der Waals surface area contributed by atoms with E-state index in [1.54, 1.807) is 17.3 Å². The molecule has 0 radical (unpaired) electrons. The molecule has 5 heteroatoms. The van der Waals surface area contributed by atoms with E-state index in [0.29, 0.717) is 19.5 Å². The van der Waals surface area contributed by atoms with E-state index in [1.807, 2.05) is 49.4 Å². The number of anilines is 1. The van der Waals surface area contributed by atoms with Crippen molar-refractivity contribution in [1.82, 2.24) is 10.3 Å². The highest BCUT2D eigenvalue weighted by atomic mass is 16.2. The number of carbonyl (C=O) groups is 2. The van der Waals surface area contributed by atoms with Gasteiger partial charge in [0.05, 0.1) is 11.8 Å². The van der Waals surface area contributed by atoms with Crippen LogP contribution in [0.3, 0.4) is 0 Å². The number of hydrogen-bond acceptors (Lipinski definition) is 3. The minimum Gasteiger partial charge on any atom is -0.352 e. The molecule has 1 N–H and O–H groups in total. The van der Waals surface area contributed by atoms with Crippen LogP contribution in [0.25, 0.3) is 0 Å². The number of nitrogens with one attached hydrogen (secondary N) is 1. The van der Waals surface area contributed by atoms with Crippen molar-refractivity contribution in [3.05, 3.63) is 60.4 Å². The van der Waals surface area contributed by atoms with Crippen LogP contribution in [0.2, 0.25) is 0 Å². The summed E-state index contributed by atoms with van der Waals surface area (Å²) in [6.07, 6.45) is 4.03. The molecule has 24 heavy (non-hydrogen) atoms. The highest BCUT2D eigenvalue weighted by Crippen LogP contribution is 2.41. The normalized spacial score (nSPS) is 18.7. The lowest BCUT2D eigenvalue weighted by Gasteiger charge is -2.21. The topological polar surface area (TPSA) is 62.3 Å². The quantitative estimate of drug-likeness (QED) is 0.888. The molecule has 1 aromatic carbocycles. The number of nitrogens with zero attached hydrogens (tertiary/aromatic N) is 2. The molecule has 124 valence electrons. The van der Waals surface area contributed by atoms with Gasteiger partial charge in [0.1, 0.15) is 0 Å². The predicted molar refractivity (Wildman–Crippen MR) is 92.1 cm³/mol. The third-order valence-corrected chi connectivity index (χ3v) is 4.31. The van der Waals surface area contributed by atoms with E-state index in [9.17, 15) is 9.59 Å². The Kier molecular flexibility index (Phi) is 4.89. The van der Waals surface area contributed by atoms with Crippen molar-refractivity contribution in [1.29, 1.82) is 0 Å². The zero-order valence-electron chi connectivity index (χ0n) is 13.7. The second kappa shape index (κ2) is 7.25. The lowest BCUT2D eigenvalue weighted by molar-refractivity contribution is -0.126. The Balaban J connectivity index is 1.55. The second-order valence-corrected chi connectivity index (χ2v) is 5.94. The molecule has 0 bridgehead atoms. The summed E-state index contributed by atoms with van der Waals surface area (Å²) in [6, 6.07) is 13.3. The zero-order chi connectivity index (χ0) is 16.9. The third kappa shape index (κ3) is 3.62. The Morgan fingerprint density at radius 1 is 1.12 bits per heavy atom. The summed E-state index contributed by atoms with van der Waals surface area (Å²) in [5, 5.41) is 2.91. The van der Waals surface area contributed by atoms with Gasteiger partial charge >= 0.3 is 0 Å². The summed E-state index contributed by atoms with van der Waals surface area (Å²) in [7, 11) is 0. The number of benzene rings is 1. The molecule has 1 aliphatic rings. The number of hydrogen-bond donors (Lipinski definition) is 1. The second-order valence-electron chi connectivity index (χ2n) is 5.94. The first kappa shape index (κ1) is 16.2. The highest BCUT2D eigenvalue weighted by Gasteiger charge is 2.49. The predicted octanol–water partition coefficient (Wildman–Crippen LogP) is 2.39. The number of carbonyl (C=O) groups excluding carboxylic acids is 2. The van der Waals surface area contributed by atoms with Crippen LogP contribution < -0.4 is 10.2 Å². The Morgan fingerprint density at radius 3 is 2.50 bits per heavy atom. The van der Waals surface area contributed by atoms with E-state index in [4.69, 9.17) is 0 Å². The SMILES string of the molecule is CCN(C(=O)C1CC1C(=O)NCc1ccncc1)c1ccccc1. The highest BCUT2D eigenvalue weighted by molar-refractivity contribution is 6.01. The van der Waals surface area contributed by atoms with Gasteiger partial charge in [0.2, 0.25) is 11.8 Å². The van der Waals surface area contributed by atoms with Crippen molar-refractivity contribution >= 4 is 17.5 Å². The van der Waals surface area contributed by atoms with Gasteiger partial charge in [-0.1, -0.05) is 18.2 Å². The smallest absolute Gasteiger partial charge is 0.230 e. The summed E-state index contributed by atoms with van der Waals surface area (Å²) in [5.41, 5.74) is 1.88. The largest absolute Gasteiger partial charge is 0.352 e. The first-order chi connectivity index (χ1) is 11.7. The maximum atomic E-state index is 12.7. The van der Waals surface area contributed by atoms with Crippen LogP contribution in [0.1, 0.15) is 18.9 Å². The lowest BCUT2D eigenvalue weighted by Crippen LogP contribution is -2.34. The number of amides is 2. The zero-order valence-corrected chi connectivity index (χ0v) is 13.7. The molecule has 2 amide bonds.